The first-order valence-electron chi connectivity index (χ1n) is 5.76. The first kappa shape index (κ1) is 11.1. The van der Waals surface area contributed by atoms with Crippen LogP contribution in [0.25, 0.3) is 0 Å². The van der Waals surface area contributed by atoms with Crippen molar-refractivity contribution in [1.29, 1.82) is 0 Å². The number of benzene rings is 1. The maximum atomic E-state index is 5.05. The first-order chi connectivity index (χ1) is 6.98. The van der Waals surface area contributed by atoms with Crippen molar-refractivity contribution < 1.29 is 0 Å². The zero-order valence-corrected chi connectivity index (χ0v) is 10.7. The summed E-state index contributed by atoms with van der Waals surface area (Å²) in [6.45, 7) is 7.02. The van der Waals surface area contributed by atoms with E-state index in [4.69, 9.17) is 12.6 Å². The lowest BCUT2D eigenvalue weighted by molar-refractivity contribution is 0.272. The predicted molar refractivity (Wildman–Crippen MR) is 69.3 cm³/mol. The van der Waals surface area contributed by atoms with E-state index in [0.29, 0.717) is 5.92 Å². The van der Waals surface area contributed by atoms with Crippen LogP contribution in [0.3, 0.4) is 0 Å². The van der Waals surface area contributed by atoms with Gasteiger partial charge in [0.15, 0.2) is 0 Å². The smallest absolute Gasteiger partial charge is 0.0454 e. The lowest BCUT2D eigenvalue weighted by Gasteiger charge is -2.41. The summed E-state index contributed by atoms with van der Waals surface area (Å²) in [5.41, 5.74) is 1.67. The zero-order valence-electron chi connectivity index (χ0n) is 9.83. The van der Waals surface area contributed by atoms with Gasteiger partial charge in [-0.05, 0) is 29.7 Å². The second kappa shape index (κ2) is 3.55. The Hall–Kier alpha value is -0.430. The minimum atomic E-state index is 0.0360. The third-order valence-electron chi connectivity index (χ3n) is 4.16. The minimum absolute atomic E-state index is 0.0360. The lowest BCUT2D eigenvalue weighted by Crippen LogP contribution is -2.35. The summed E-state index contributed by atoms with van der Waals surface area (Å²) in [6, 6.07) is 10.8. The summed E-state index contributed by atoms with van der Waals surface area (Å²) < 4.78 is 0.0360. The Balaban J connectivity index is 2.49. The summed E-state index contributed by atoms with van der Waals surface area (Å²) in [5, 5.41) is 0. The molecule has 15 heavy (non-hydrogen) atoms. The summed E-state index contributed by atoms with van der Waals surface area (Å²) >= 11 is 5.05. The molecule has 0 heterocycles. The largest absolute Gasteiger partial charge is 0.167 e. The molecule has 1 aromatic rings. The van der Waals surface area contributed by atoms with Crippen LogP contribution < -0.4 is 0 Å². The molecule has 1 saturated carbocycles. The van der Waals surface area contributed by atoms with Crippen molar-refractivity contribution in [3.63, 3.8) is 0 Å². The van der Waals surface area contributed by atoms with Crippen LogP contribution >= 0.6 is 12.6 Å². The topological polar surface area (TPSA) is 0 Å². The molecule has 0 saturated heterocycles. The molecule has 0 nitrogen and oxygen atoms in total. The molecule has 82 valence electrons. The van der Waals surface area contributed by atoms with Crippen molar-refractivity contribution in [3.05, 3.63) is 35.9 Å². The van der Waals surface area contributed by atoms with Crippen LogP contribution in [0.5, 0.6) is 0 Å². The van der Waals surface area contributed by atoms with E-state index in [0.717, 1.165) is 0 Å². The van der Waals surface area contributed by atoms with Crippen molar-refractivity contribution >= 4 is 12.6 Å². The Morgan fingerprint density at radius 1 is 1.20 bits per heavy atom. The van der Waals surface area contributed by atoms with Crippen LogP contribution in [0.4, 0.5) is 0 Å². The Morgan fingerprint density at radius 2 is 1.80 bits per heavy atom. The van der Waals surface area contributed by atoms with Crippen molar-refractivity contribution in [2.45, 2.75) is 38.4 Å². The maximum Gasteiger partial charge on any atom is 0.0454 e. The van der Waals surface area contributed by atoms with Crippen molar-refractivity contribution in [3.8, 4) is 0 Å². The van der Waals surface area contributed by atoms with Crippen LogP contribution in [-0.2, 0) is 4.75 Å². The summed E-state index contributed by atoms with van der Waals surface area (Å²) in [5.74, 6) is 0.651. The number of hydrogen-bond donors (Lipinski definition) is 1. The van der Waals surface area contributed by atoms with Gasteiger partial charge in [0.25, 0.3) is 0 Å². The second-order valence-electron chi connectivity index (χ2n) is 5.46. The third-order valence-corrected chi connectivity index (χ3v) is 5.47. The van der Waals surface area contributed by atoms with Gasteiger partial charge in [0.05, 0.1) is 0 Å². The molecule has 0 radical (unpaired) electrons. The maximum absolute atomic E-state index is 5.05. The minimum Gasteiger partial charge on any atom is -0.167 e. The molecule has 0 aliphatic heterocycles. The molecule has 1 aliphatic rings. The van der Waals surface area contributed by atoms with Crippen LogP contribution in [0.15, 0.2) is 30.3 Å². The van der Waals surface area contributed by atoms with Crippen molar-refractivity contribution in [1.82, 2.24) is 0 Å². The van der Waals surface area contributed by atoms with Crippen LogP contribution in [0.1, 0.15) is 39.2 Å². The zero-order chi connectivity index (χ0) is 11.1. The second-order valence-corrected chi connectivity index (χ2v) is 6.16. The molecular weight excluding hydrogens is 200 g/mol. The van der Waals surface area contributed by atoms with Gasteiger partial charge in [0.1, 0.15) is 0 Å². The van der Waals surface area contributed by atoms with E-state index in [9.17, 15) is 0 Å². The van der Waals surface area contributed by atoms with Crippen LogP contribution in [-0.4, -0.2) is 0 Å². The van der Waals surface area contributed by atoms with Crippen LogP contribution in [0.2, 0.25) is 0 Å². The summed E-state index contributed by atoms with van der Waals surface area (Å²) in [7, 11) is 0. The SMILES string of the molecule is CC1CCC(C)(C)C1(S)c1ccccc1. The summed E-state index contributed by atoms with van der Waals surface area (Å²) in [6.07, 6.45) is 2.55. The average molecular weight is 220 g/mol. The molecule has 1 fully saturated rings. The van der Waals surface area contributed by atoms with E-state index >= 15 is 0 Å². The van der Waals surface area contributed by atoms with Gasteiger partial charge in [-0.15, -0.1) is 0 Å². The van der Waals surface area contributed by atoms with Gasteiger partial charge in [0, 0.05) is 4.75 Å². The highest BCUT2D eigenvalue weighted by Crippen LogP contribution is 2.59. The Bertz CT molecular complexity index is 342. The third kappa shape index (κ3) is 1.52. The molecule has 0 aromatic heterocycles. The quantitative estimate of drug-likeness (QED) is 0.671. The Morgan fingerprint density at radius 3 is 2.27 bits per heavy atom. The highest BCUT2D eigenvalue weighted by molar-refractivity contribution is 7.81. The number of rotatable bonds is 1. The van der Waals surface area contributed by atoms with Gasteiger partial charge in [-0.1, -0.05) is 51.1 Å². The first-order valence-corrected chi connectivity index (χ1v) is 6.21. The van der Waals surface area contributed by atoms with E-state index in [2.05, 4.69) is 51.1 Å². The lowest BCUT2D eigenvalue weighted by atomic mass is 9.74. The van der Waals surface area contributed by atoms with Gasteiger partial charge in [-0.25, -0.2) is 0 Å². The molecule has 0 spiro atoms. The highest BCUT2D eigenvalue weighted by atomic mass is 32.1. The highest BCUT2D eigenvalue weighted by Gasteiger charge is 2.51. The van der Waals surface area contributed by atoms with Gasteiger partial charge in [-0.3, -0.25) is 0 Å². The molecule has 2 rings (SSSR count). The standard InChI is InChI=1S/C14H20S/c1-11-9-10-13(2,3)14(11,15)12-7-5-4-6-8-12/h4-8,11,15H,9-10H2,1-3H3. The van der Waals surface area contributed by atoms with Crippen molar-refractivity contribution in [2.24, 2.45) is 11.3 Å². The Kier molecular flexibility index (Phi) is 2.62. The molecule has 1 aromatic carbocycles. The fourth-order valence-corrected chi connectivity index (χ4v) is 3.40. The van der Waals surface area contributed by atoms with Gasteiger partial charge < -0.3 is 0 Å². The van der Waals surface area contributed by atoms with E-state index in [1.165, 1.54) is 18.4 Å². The van der Waals surface area contributed by atoms with E-state index < -0.39 is 0 Å². The fraction of sp³-hybridized carbons (Fsp3) is 0.571. The molecule has 1 heteroatoms. The van der Waals surface area contributed by atoms with Crippen LogP contribution in [0, 0.1) is 11.3 Å². The number of hydrogen-bond acceptors (Lipinski definition) is 1. The molecular formula is C14H20S. The average Bonchev–Trinajstić information content (AvgIpc) is 2.44. The monoisotopic (exact) mass is 220 g/mol. The molecule has 1 aliphatic carbocycles. The van der Waals surface area contributed by atoms with Gasteiger partial charge in [-0.2, -0.15) is 12.6 Å². The Labute approximate surface area is 98.5 Å². The predicted octanol–water partition coefficient (Wildman–Crippen LogP) is 4.27. The van der Waals surface area contributed by atoms with E-state index in [1.54, 1.807) is 0 Å². The molecule has 0 amide bonds. The van der Waals surface area contributed by atoms with E-state index in [-0.39, 0.29) is 10.2 Å². The normalized spacial score (nSPS) is 34.3. The van der Waals surface area contributed by atoms with Gasteiger partial charge in [0.2, 0.25) is 0 Å². The van der Waals surface area contributed by atoms with E-state index in [1.807, 2.05) is 0 Å². The van der Waals surface area contributed by atoms with Crippen molar-refractivity contribution in [2.75, 3.05) is 0 Å². The fourth-order valence-electron chi connectivity index (χ4n) is 3.01. The molecule has 2 atom stereocenters. The molecule has 2 unspecified atom stereocenters. The summed E-state index contributed by atoms with van der Waals surface area (Å²) in [4.78, 5) is 0. The van der Waals surface area contributed by atoms with Gasteiger partial charge >= 0.3 is 0 Å². The number of thiol groups is 1. The molecule has 0 bridgehead atoms. The molecule has 0 N–H and O–H groups in total.